The van der Waals surface area contributed by atoms with Crippen LogP contribution in [-0.2, 0) is 0 Å². The van der Waals surface area contributed by atoms with Crippen molar-refractivity contribution in [3.8, 4) is 0 Å². The first-order valence-electron chi connectivity index (χ1n) is 5.32. The zero-order chi connectivity index (χ0) is 11.9. The minimum atomic E-state index is -0.0625. The first kappa shape index (κ1) is 12.2. The second-order valence-electron chi connectivity index (χ2n) is 4.18. The van der Waals surface area contributed by atoms with Crippen molar-refractivity contribution < 1.29 is 0 Å². The monoisotopic (exact) mass is 348 g/mol. The minimum absolute atomic E-state index is 0.0625. The second-order valence-corrected chi connectivity index (χ2v) is 6.08. The van der Waals surface area contributed by atoms with E-state index in [0.29, 0.717) is 6.04 Å². The van der Waals surface area contributed by atoms with Crippen molar-refractivity contribution >= 4 is 45.2 Å². The number of halogens is 2. The number of benzene rings is 1. The lowest BCUT2D eigenvalue weighted by Gasteiger charge is -2.13. The lowest BCUT2D eigenvalue weighted by molar-refractivity contribution is 0.584. The highest BCUT2D eigenvalue weighted by Crippen LogP contribution is 2.28. The maximum absolute atomic E-state index is 6.18. The maximum atomic E-state index is 6.18. The van der Waals surface area contributed by atoms with Crippen LogP contribution in [-0.4, -0.2) is 9.55 Å². The average Bonchev–Trinajstić information content (AvgIpc) is 2.55. The molecule has 2 nitrogen and oxygen atoms in total. The van der Waals surface area contributed by atoms with Crippen molar-refractivity contribution in [1.29, 1.82) is 0 Å². The SMILES string of the molecule is CC(Cl)c1nc2cc(I)ccc2n1C(C)C. The van der Waals surface area contributed by atoms with Gasteiger partial charge in [0, 0.05) is 9.61 Å². The Hall–Kier alpha value is -0.290. The van der Waals surface area contributed by atoms with E-state index in [1.807, 2.05) is 6.92 Å². The topological polar surface area (TPSA) is 17.8 Å². The Morgan fingerprint density at radius 3 is 2.56 bits per heavy atom. The van der Waals surface area contributed by atoms with Gasteiger partial charge in [0.2, 0.25) is 0 Å². The lowest BCUT2D eigenvalue weighted by atomic mass is 10.3. The molecule has 1 heterocycles. The van der Waals surface area contributed by atoms with Crippen molar-refractivity contribution in [2.24, 2.45) is 0 Å². The summed E-state index contributed by atoms with van der Waals surface area (Å²) in [6, 6.07) is 6.69. The molecule has 0 aliphatic carbocycles. The van der Waals surface area contributed by atoms with Crippen LogP contribution < -0.4 is 0 Å². The van der Waals surface area contributed by atoms with Crippen molar-refractivity contribution in [3.05, 3.63) is 27.6 Å². The quantitative estimate of drug-likeness (QED) is 0.576. The summed E-state index contributed by atoms with van der Waals surface area (Å²) >= 11 is 8.48. The van der Waals surface area contributed by atoms with E-state index >= 15 is 0 Å². The molecule has 1 unspecified atom stereocenters. The molecule has 1 atom stereocenters. The molecular formula is C12H14ClIN2. The van der Waals surface area contributed by atoms with E-state index in [-0.39, 0.29) is 5.38 Å². The summed E-state index contributed by atoms with van der Waals surface area (Å²) in [5, 5.41) is -0.0625. The standard InChI is InChI=1S/C12H14ClIN2/c1-7(2)16-11-5-4-9(14)6-10(11)15-12(16)8(3)13/h4-8H,1-3H3. The molecule has 1 aromatic carbocycles. The van der Waals surface area contributed by atoms with E-state index < -0.39 is 0 Å². The molecule has 0 saturated carbocycles. The van der Waals surface area contributed by atoms with Gasteiger partial charge in [-0.05, 0) is 61.6 Å². The van der Waals surface area contributed by atoms with Crippen LogP contribution >= 0.6 is 34.2 Å². The molecule has 0 saturated heterocycles. The van der Waals surface area contributed by atoms with Crippen LogP contribution in [0.4, 0.5) is 0 Å². The molecule has 0 aliphatic rings. The number of fused-ring (bicyclic) bond motifs is 1. The molecule has 0 spiro atoms. The van der Waals surface area contributed by atoms with Crippen molar-refractivity contribution in [1.82, 2.24) is 9.55 Å². The Labute approximate surface area is 114 Å². The number of hydrogen-bond donors (Lipinski definition) is 0. The first-order valence-corrected chi connectivity index (χ1v) is 6.83. The summed E-state index contributed by atoms with van der Waals surface area (Å²) in [5.41, 5.74) is 2.20. The van der Waals surface area contributed by atoms with E-state index in [1.54, 1.807) is 0 Å². The van der Waals surface area contributed by atoms with Crippen LogP contribution in [0.5, 0.6) is 0 Å². The molecule has 86 valence electrons. The number of hydrogen-bond acceptors (Lipinski definition) is 1. The van der Waals surface area contributed by atoms with E-state index in [0.717, 1.165) is 16.9 Å². The summed E-state index contributed by atoms with van der Waals surface area (Å²) < 4.78 is 3.41. The average molecular weight is 349 g/mol. The third-order valence-electron chi connectivity index (χ3n) is 2.55. The molecule has 0 aliphatic heterocycles. The van der Waals surface area contributed by atoms with Gasteiger partial charge in [0.15, 0.2) is 0 Å². The predicted molar refractivity (Wildman–Crippen MR) is 77.1 cm³/mol. The summed E-state index contributed by atoms with van der Waals surface area (Å²) in [6.45, 7) is 6.27. The second kappa shape index (κ2) is 4.53. The number of imidazole rings is 1. The number of rotatable bonds is 2. The lowest BCUT2D eigenvalue weighted by Crippen LogP contribution is -2.06. The highest BCUT2D eigenvalue weighted by molar-refractivity contribution is 14.1. The minimum Gasteiger partial charge on any atom is -0.324 e. The third-order valence-corrected chi connectivity index (χ3v) is 3.42. The fourth-order valence-corrected chi connectivity index (χ4v) is 2.54. The van der Waals surface area contributed by atoms with Crippen molar-refractivity contribution in [2.75, 3.05) is 0 Å². The number of aromatic nitrogens is 2. The molecule has 1 aromatic heterocycles. The molecule has 0 N–H and O–H groups in total. The number of nitrogens with zero attached hydrogens (tertiary/aromatic N) is 2. The molecule has 2 rings (SSSR count). The van der Waals surface area contributed by atoms with Crippen LogP contribution in [0, 0.1) is 3.57 Å². The van der Waals surface area contributed by atoms with Crippen LogP contribution in [0.1, 0.15) is 38.0 Å². The molecule has 16 heavy (non-hydrogen) atoms. The summed E-state index contributed by atoms with van der Waals surface area (Å²) in [5.74, 6) is 0.952. The van der Waals surface area contributed by atoms with E-state index in [1.165, 1.54) is 3.57 Å². The van der Waals surface area contributed by atoms with Crippen molar-refractivity contribution in [3.63, 3.8) is 0 Å². The van der Waals surface area contributed by atoms with Gasteiger partial charge in [-0.2, -0.15) is 0 Å². The maximum Gasteiger partial charge on any atom is 0.127 e. The van der Waals surface area contributed by atoms with E-state index in [2.05, 4.69) is 64.2 Å². The first-order chi connectivity index (χ1) is 7.50. The predicted octanol–water partition coefficient (Wildman–Crippen LogP) is 4.52. The highest BCUT2D eigenvalue weighted by atomic mass is 127. The van der Waals surface area contributed by atoms with Crippen LogP contribution in [0.15, 0.2) is 18.2 Å². The Kier molecular flexibility index (Phi) is 3.45. The molecule has 0 fully saturated rings. The van der Waals surface area contributed by atoms with E-state index in [4.69, 9.17) is 11.6 Å². The number of alkyl halides is 1. The van der Waals surface area contributed by atoms with Crippen LogP contribution in [0.3, 0.4) is 0 Å². The summed E-state index contributed by atoms with van der Waals surface area (Å²) in [4.78, 5) is 4.62. The largest absolute Gasteiger partial charge is 0.324 e. The Bertz CT molecular complexity index is 517. The van der Waals surface area contributed by atoms with Crippen LogP contribution in [0.2, 0.25) is 0 Å². The van der Waals surface area contributed by atoms with Gasteiger partial charge >= 0.3 is 0 Å². The van der Waals surface area contributed by atoms with Gasteiger partial charge in [0.1, 0.15) is 5.82 Å². The van der Waals surface area contributed by atoms with Gasteiger partial charge in [-0.1, -0.05) is 0 Å². The van der Waals surface area contributed by atoms with E-state index in [9.17, 15) is 0 Å². The molecule has 4 heteroatoms. The van der Waals surface area contributed by atoms with Crippen molar-refractivity contribution in [2.45, 2.75) is 32.2 Å². The van der Waals surface area contributed by atoms with Gasteiger partial charge in [-0.3, -0.25) is 0 Å². The third kappa shape index (κ3) is 2.07. The summed E-state index contributed by atoms with van der Waals surface area (Å²) in [6.07, 6.45) is 0. The van der Waals surface area contributed by atoms with Crippen LogP contribution in [0.25, 0.3) is 11.0 Å². The molecular weight excluding hydrogens is 335 g/mol. The normalized spacial score (nSPS) is 13.6. The van der Waals surface area contributed by atoms with Gasteiger partial charge in [-0.25, -0.2) is 4.98 Å². The Morgan fingerprint density at radius 1 is 1.31 bits per heavy atom. The van der Waals surface area contributed by atoms with Gasteiger partial charge < -0.3 is 4.57 Å². The molecule has 0 amide bonds. The van der Waals surface area contributed by atoms with Gasteiger partial charge in [0.05, 0.1) is 16.4 Å². The molecule has 0 bridgehead atoms. The molecule has 2 aromatic rings. The fraction of sp³-hybridized carbons (Fsp3) is 0.417. The molecule has 0 radical (unpaired) electrons. The summed E-state index contributed by atoms with van der Waals surface area (Å²) in [7, 11) is 0. The fourth-order valence-electron chi connectivity index (χ4n) is 1.91. The Morgan fingerprint density at radius 2 is 2.00 bits per heavy atom. The smallest absolute Gasteiger partial charge is 0.127 e. The van der Waals surface area contributed by atoms with Gasteiger partial charge in [-0.15, -0.1) is 11.6 Å². The zero-order valence-corrected chi connectivity index (χ0v) is 12.5. The zero-order valence-electron chi connectivity index (χ0n) is 9.54. The van der Waals surface area contributed by atoms with Gasteiger partial charge in [0.25, 0.3) is 0 Å². The highest BCUT2D eigenvalue weighted by Gasteiger charge is 2.16. The Balaban J connectivity index is 2.75.